The summed E-state index contributed by atoms with van der Waals surface area (Å²) in [6, 6.07) is 6.22. The van der Waals surface area contributed by atoms with Gasteiger partial charge in [0.2, 0.25) is 0 Å². The number of aryl methyl sites for hydroxylation is 1. The van der Waals surface area contributed by atoms with Gasteiger partial charge in [-0.25, -0.2) is 0 Å². The minimum atomic E-state index is 0.470. The summed E-state index contributed by atoms with van der Waals surface area (Å²) in [5.41, 5.74) is 9.62. The molecule has 0 aromatic heterocycles. The van der Waals surface area contributed by atoms with Gasteiger partial charge in [-0.05, 0) is 42.9 Å². The van der Waals surface area contributed by atoms with Gasteiger partial charge in [0.15, 0.2) is 0 Å². The maximum absolute atomic E-state index is 5.99. The molecule has 2 heteroatoms. The van der Waals surface area contributed by atoms with Crippen LogP contribution in [0.2, 0.25) is 0 Å². The second kappa shape index (κ2) is 4.36. The van der Waals surface area contributed by atoms with E-state index in [1.807, 2.05) is 6.07 Å². The van der Waals surface area contributed by atoms with E-state index in [4.69, 9.17) is 5.73 Å². The predicted octanol–water partition coefficient (Wildman–Crippen LogP) is 3.57. The molecule has 0 unspecified atom stereocenters. The molecule has 3 N–H and O–H groups in total. The maximum Gasteiger partial charge on any atom is 0.0574 e. The predicted molar refractivity (Wildman–Crippen MR) is 70.7 cm³/mol. The molecule has 1 aliphatic carbocycles. The number of hydrogen-bond acceptors (Lipinski definition) is 2. The standard InChI is InChI=1S/C14H22N2/c1-11-5-6-13(12(15)9-11)16-10-14(2)7-3-4-8-14/h5-6,9,16H,3-4,7-8,10,15H2,1-2H3. The largest absolute Gasteiger partial charge is 0.397 e. The highest BCUT2D eigenvalue weighted by molar-refractivity contribution is 5.66. The van der Waals surface area contributed by atoms with Crippen molar-refractivity contribution in [3.8, 4) is 0 Å². The summed E-state index contributed by atoms with van der Waals surface area (Å²) in [6.07, 6.45) is 5.43. The first-order valence-electron chi connectivity index (χ1n) is 6.19. The average molecular weight is 218 g/mol. The Labute approximate surface area is 98.2 Å². The Morgan fingerprint density at radius 2 is 2.00 bits per heavy atom. The number of benzene rings is 1. The third-order valence-corrected chi connectivity index (χ3v) is 3.72. The number of anilines is 2. The van der Waals surface area contributed by atoms with Crippen LogP contribution in [0.5, 0.6) is 0 Å². The van der Waals surface area contributed by atoms with Gasteiger partial charge in [0.05, 0.1) is 11.4 Å². The van der Waals surface area contributed by atoms with Gasteiger partial charge in [-0.1, -0.05) is 25.8 Å². The van der Waals surface area contributed by atoms with Gasteiger partial charge in [0, 0.05) is 6.54 Å². The van der Waals surface area contributed by atoms with Crippen molar-refractivity contribution in [2.75, 3.05) is 17.6 Å². The van der Waals surface area contributed by atoms with Crippen molar-refractivity contribution in [3.63, 3.8) is 0 Å². The van der Waals surface area contributed by atoms with E-state index in [0.717, 1.165) is 17.9 Å². The first-order chi connectivity index (χ1) is 7.59. The summed E-state index contributed by atoms with van der Waals surface area (Å²) in [4.78, 5) is 0. The van der Waals surface area contributed by atoms with Crippen LogP contribution in [0.1, 0.15) is 38.2 Å². The molecule has 0 atom stereocenters. The van der Waals surface area contributed by atoms with Gasteiger partial charge < -0.3 is 11.1 Å². The first kappa shape index (κ1) is 11.3. The lowest BCUT2D eigenvalue weighted by molar-refractivity contribution is 0.362. The lowest BCUT2D eigenvalue weighted by Gasteiger charge is -2.24. The molecule has 1 aromatic carbocycles. The number of hydrogen-bond donors (Lipinski definition) is 2. The van der Waals surface area contributed by atoms with E-state index in [0.29, 0.717) is 5.41 Å². The van der Waals surface area contributed by atoms with Crippen molar-refractivity contribution in [1.29, 1.82) is 0 Å². The average Bonchev–Trinajstić information content (AvgIpc) is 2.64. The fraction of sp³-hybridized carbons (Fsp3) is 0.571. The molecule has 1 saturated carbocycles. The summed E-state index contributed by atoms with van der Waals surface area (Å²) < 4.78 is 0. The summed E-state index contributed by atoms with van der Waals surface area (Å²) in [5, 5.41) is 3.50. The number of nitrogen functional groups attached to an aromatic ring is 1. The Kier molecular flexibility index (Phi) is 3.08. The summed E-state index contributed by atoms with van der Waals surface area (Å²) in [6.45, 7) is 5.48. The van der Waals surface area contributed by atoms with Crippen LogP contribution in [-0.2, 0) is 0 Å². The molecule has 0 bridgehead atoms. The minimum absolute atomic E-state index is 0.470. The van der Waals surface area contributed by atoms with Crippen LogP contribution in [-0.4, -0.2) is 6.54 Å². The van der Waals surface area contributed by atoms with Gasteiger partial charge >= 0.3 is 0 Å². The Balaban J connectivity index is 1.99. The van der Waals surface area contributed by atoms with Gasteiger partial charge in [-0.3, -0.25) is 0 Å². The van der Waals surface area contributed by atoms with Crippen molar-refractivity contribution < 1.29 is 0 Å². The Bertz CT molecular complexity index is 365. The zero-order valence-corrected chi connectivity index (χ0v) is 10.3. The minimum Gasteiger partial charge on any atom is -0.397 e. The first-order valence-corrected chi connectivity index (χ1v) is 6.19. The van der Waals surface area contributed by atoms with Crippen molar-refractivity contribution >= 4 is 11.4 Å². The second-order valence-electron chi connectivity index (χ2n) is 5.46. The van der Waals surface area contributed by atoms with Crippen molar-refractivity contribution in [2.45, 2.75) is 39.5 Å². The van der Waals surface area contributed by atoms with E-state index in [1.165, 1.54) is 31.2 Å². The Morgan fingerprint density at radius 1 is 1.31 bits per heavy atom. The fourth-order valence-corrected chi connectivity index (χ4v) is 2.56. The highest BCUT2D eigenvalue weighted by atomic mass is 14.9. The molecule has 0 amide bonds. The molecule has 88 valence electrons. The molecule has 1 fully saturated rings. The molecule has 0 saturated heterocycles. The van der Waals surface area contributed by atoms with E-state index in [9.17, 15) is 0 Å². The molecule has 2 rings (SSSR count). The van der Waals surface area contributed by atoms with Crippen LogP contribution in [0.15, 0.2) is 18.2 Å². The molecule has 0 spiro atoms. The van der Waals surface area contributed by atoms with E-state index in [1.54, 1.807) is 0 Å². The SMILES string of the molecule is Cc1ccc(NCC2(C)CCCC2)c(N)c1. The summed E-state index contributed by atoms with van der Waals surface area (Å²) >= 11 is 0. The molecule has 2 nitrogen and oxygen atoms in total. The van der Waals surface area contributed by atoms with E-state index in [-0.39, 0.29) is 0 Å². The van der Waals surface area contributed by atoms with Crippen LogP contribution < -0.4 is 11.1 Å². The molecule has 1 aromatic rings. The van der Waals surface area contributed by atoms with Gasteiger partial charge in [0.1, 0.15) is 0 Å². The topological polar surface area (TPSA) is 38.0 Å². The molecular weight excluding hydrogens is 196 g/mol. The lowest BCUT2D eigenvalue weighted by atomic mass is 9.89. The molecular formula is C14H22N2. The third kappa shape index (κ3) is 2.49. The fourth-order valence-electron chi connectivity index (χ4n) is 2.56. The van der Waals surface area contributed by atoms with Crippen LogP contribution >= 0.6 is 0 Å². The molecule has 0 aliphatic heterocycles. The zero-order valence-electron chi connectivity index (χ0n) is 10.3. The van der Waals surface area contributed by atoms with Crippen LogP contribution in [0, 0.1) is 12.3 Å². The Hall–Kier alpha value is -1.18. The second-order valence-corrected chi connectivity index (χ2v) is 5.46. The quantitative estimate of drug-likeness (QED) is 0.761. The van der Waals surface area contributed by atoms with E-state index in [2.05, 4.69) is 31.3 Å². The lowest BCUT2D eigenvalue weighted by Crippen LogP contribution is -2.23. The van der Waals surface area contributed by atoms with Crippen LogP contribution in [0.3, 0.4) is 0 Å². The smallest absolute Gasteiger partial charge is 0.0574 e. The third-order valence-electron chi connectivity index (χ3n) is 3.72. The summed E-state index contributed by atoms with van der Waals surface area (Å²) in [7, 11) is 0. The Morgan fingerprint density at radius 3 is 2.62 bits per heavy atom. The number of nitrogens with two attached hydrogens (primary N) is 1. The molecule has 1 aliphatic rings. The highest BCUT2D eigenvalue weighted by Gasteiger charge is 2.28. The number of rotatable bonds is 3. The molecule has 0 radical (unpaired) electrons. The zero-order chi connectivity index (χ0) is 11.6. The normalized spacial score (nSPS) is 18.6. The van der Waals surface area contributed by atoms with Gasteiger partial charge in [-0.15, -0.1) is 0 Å². The van der Waals surface area contributed by atoms with E-state index >= 15 is 0 Å². The van der Waals surface area contributed by atoms with Crippen molar-refractivity contribution in [2.24, 2.45) is 5.41 Å². The van der Waals surface area contributed by atoms with Crippen molar-refractivity contribution in [1.82, 2.24) is 0 Å². The molecule has 0 heterocycles. The van der Waals surface area contributed by atoms with Crippen molar-refractivity contribution in [3.05, 3.63) is 23.8 Å². The van der Waals surface area contributed by atoms with Gasteiger partial charge in [0.25, 0.3) is 0 Å². The molecule has 16 heavy (non-hydrogen) atoms. The highest BCUT2D eigenvalue weighted by Crippen LogP contribution is 2.37. The van der Waals surface area contributed by atoms with Crippen LogP contribution in [0.4, 0.5) is 11.4 Å². The number of nitrogens with one attached hydrogen (secondary N) is 1. The van der Waals surface area contributed by atoms with Crippen LogP contribution in [0.25, 0.3) is 0 Å². The maximum atomic E-state index is 5.99. The van der Waals surface area contributed by atoms with Gasteiger partial charge in [-0.2, -0.15) is 0 Å². The monoisotopic (exact) mass is 218 g/mol. The summed E-state index contributed by atoms with van der Waals surface area (Å²) in [5.74, 6) is 0. The van der Waals surface area contributed by atoms with E-state index < -0.39 is 0 Å².